The Morgan fingerprint density at radius 1 is 1.21 bits per heavy atom. The fourth-order valence-electron chi connectivity index (χ4n) is 2.70. The molecule has 0 radical (unpaired) electrons. The molecule has 2 nitrogen and oxygen atoms in total. The van der Waals surface area contributed by atoms with Crippen LogP contribution in [0, 0.1) is 5.92 Å². The van der Waals surface area contributed by atoms with Crippen molar-refractivity contribution in [3.05, 3.63) is 29.8 Å². The Kier molecular flexibility index (Phi) is 5.26. The maximum absolute atomic E-state index is 5.91. The highest BCUT2D eigenvalue weighted by Crippen LogP contribution is 2.32. The van der Waals surface area contributed by atoms with Crippen molar-refractivity contribution in [3.8, 4) is 5.75 Å². The molecule has 1 aliphatic rings. The third kappa shape index (κ3) is 3.97. The van der Waals surface area contributed by atoms with Crippen LogP contribution in [0.25, 0.3) is 0 Å². The molecule has 106 valence electrons. The predicted molar refractivity (Wildman–Crippen MR) is 80.6 cm³/mol. The summed E-state index contributed by atoms with van der Waals surface area (Å²) in [4.78, 5) is 0. The third-order valence-corrected chi connectivity index (χ3v) is 3.99. The van der Waals surface area contributed by atoms with Crippen molar-refractivity contribution in [1.82, 2.24) is 5.32 Å². The molecule has 1 unspecified atom stereocenters. The maximum Gasteiger partial charge on any atom is 0.120 e. The fourth-order valence-corrected chi connectivity index (χ4v) is 2.70. The first-order chi connectivity index (χ1) is 9.28. The normalized spacial score (nSPS) is 16.6. The first-order valence-corrected chi connectivity index (χ1v) is 7.78. The molecule has 0 amide bonds. The van der Waals surface area contributed by atoms with E-state index in [0.29, 0.717) is 18.1 Å². The van der Waals surface area contributed by atoms with Crippen LogP contribution in [-0.2, 0) is 0 Å². The average Bonchev–Trinajstić information content (AvgIpc) is 3.23. The van der Waals surface area contributed by atoms with Crippen molar-refractivity contribution in [2.24, 2.45) is 5.92 Å². The van der Waals surface area contributed by atoms with Crippen LogP contribution < -0.4 is 10.1 Å². The first kappa shape index (κ1) is 14.4. The second kappa shape index (κ2) is 6.95. The standard InChI is InChI=1S/C17H27NO/c1-4-13(5-2)17(18-6-3)14-8-7-9-16(12-14)19-15-10-11-15/h7-9,12-13,15,17-18H,4-6,10-11H2,1-3H3. The highest BCUT2D eigenvalue weighted by atomic mass is 16.5. The van der Waals surface area contributed by atoms with E-state index in [1.54, 1.807) is 0 Å². The summed E-state index contributed by atoms with van der Waals surface area (Å²) in [5.74, 6) is 1.73. The Labute approximate surface area is 117 Å². The van der Waals surface area contributed by atoms with Gasteiger partial charge in [0.25, 0.3) is 0 Å². The van der Waals surface area contributed by atoms with Crippen LogP contribution in [-0.4, -0.2) is 12.6 Å². The second-order valence-corrected chi connectivity index (χ2v) is 5.50. The van der Waals surface area contributed by atoms with Gasteiger partial charge in [0.2, 0.25) is 0 Å². The zero-order chi connectivity index (χ0) is 13.7. The third-order valence-electron chi connectivity index (χ3n) is 3.99. The molecule has 2 heteroatoms. The number of hydrogen-bond acceptors (Lipinski definition) is 2. The molecule has 0 bridgehead atoms. The fraction of sp³-hybridized carbons (Fsp3) is 0.647. The Hall–Kier alpha value is -1.02. The minimum Gasteiger partial charge on any atom is -0.490 e. The number of rotatable bonds is 8. The molecular weight excluding hydrogens is 234 g/mol. The van der Waals surface area contributed by atoms with E-state index in [2.05, 4.69) is 50.4 Å². The van der Waals surface area contributed by atoms with Crippen LogP contribution in [0.4, 0.5) is 0 Å². The average molecular weight is 261 g/mol. The van der Waals surface area contributed by atoms with Crippen molar-refractivity contribution in [2.75, 3.05) is 6.54 Å². The van der Waals surface area contributed by atoms with E-state index in [4.69, 9.17) is 4.74 Å². The van der Waals surface area contributed by atoms with E-state index >= 15 is 0 Å². The summed E-state index contributed by atoms with van der Waals surface area (Å²) in [5.41, 5.74) is 1.37. The van der Waals surface area contributed by atoms with Crippen LogP contribution in [0.5, 0.6) is 5.75 Å². The van der Waals surface area contributed by atoms with Gasteiger partial charge in [-0.05, 0) is 43.0 Å². The largest absolute Gasteiger partial charge is 0.490 e. The molecule has 0 aliphatic heterocycles. The minimum absolute atomic E-state index is 0.447. The quantitative estimate of drug-likeness (QED) is 0.752. The molecule has 1 saturated carbocycles. The summed E-state index contributed by atoms with van der Waals surface area (Å²) < 4.78 is 5.91. The van der Waals surface area contributed by atoms with Crippen molar-refractivity contribution in [2.45, 2.75) is 58.6 Å². The monoisotopic (exact) mass is 261 g/mol. The van der Waals surface area contributed by atoms with Crippen LogP contribution in [0.3, 0.4) is 0 Å². The highest BCUT2D eigenvalue weighted by molar-refractivity contribution is 5.31. The SMILES string of the molecule is CCNC(c1cccc(OC2CC2)c1)C(CC)CC. The van der Waals surface area contributed by atoms with Gasteiger partial charge in [0, 0.05) is 6.04 Å². The van der Waals surface area contributed by atoms with Crippen molar-refractivity contribution >= 4 is 0 Å². The molecule has 1 N–H and O–H groups in total. The molecule has 0 aromatic heterocycles. The topological polar surface area (TPSA) is 21.3 Å². The van der Waals surface area contributed by atoms with Gasteiger partial charge >= 0.3 is 0 Å². The summed E-state index contributed by atoms with van der Waals surface area (Å²) in [6.45, 7) is 7.75. The van der Waals surface area contributed by atoms with Gasteiger partial charge < -0.3 is 10.1 Å². The van der Waals surface area contributed by atoms with E-state index in [1.807, 2.05) is 0 Å². The van der Waals surface area contributed by atoms with Gasteiger partial charge in [-0.2, -0.15) is 0 Å². The molecule has 0 heterocycles. The predicted octanol–water partition coefficient (Wildman–Crippen LogP) is 4.31. The van der Waals surface area contributed by atoms with Gasteiger partial charge in [-0.1, -0.05) is 45.7 Å². The number of nitrogens with one attached hydrogen (secondary N) is 1. The van der Waals surface area contributed by atoms with E-state index in [1.165, 1.54) is 31.2 Å². The second-order valence-electron chi connectivity index (χ2n) is 5.50. The Morgan fingerprint density at radius 3 is 2.53 bits per heavy atom. The summed E-state index contributed by atoms with van der Waals surface area (Å²) in [6.07, 6.45) is 5.32. The molecule has 19 heavy (non-hydrogen) atoms. The highest BCUT2D eigenvalue weighted by Gasteiger charge is 2.24. The number of hydrogen-bond donors (Lipinski definition) is 1. The Morgan fingerprint density at radius 2 is 1.95 bits per heavy atom. The van der Waals surface area contributed by atoms with E-state index in [0.717, 1.165) is 12.3 Å². The minimum atomic E-state index is 0.447. The lowest BCUT2D eigenvalue weighted by molar-refractivity contribution is 0.300. The van der Waals surface area contributed by atoms with Gasteiger partial charge in [-0.15, -0.1) is 0 Å². The summed E-state index contributed by atoms with van der Waals surface area (Å²) >= 11 is 0. The molecule has 1 aromatic carbocycles. The van der Waals surface area contributed by atoms with Crippen LogP contribution in [0.2, 0.25) is 0 Å². The molecule has 1 atom stereocenters. The number of benzene rings is 1. The molecule has 2 rings (SSSR count). The van der Waals surface area contributed by atoms with Crippen LogP contribution in [0.15, 0.2) is 24.3 Å². The van der Waals surface area contributed by atoms with Crippen molar-refractivity contribution in [3.63, 3.8) is 0 Å². The summed E-state index contributed by atoms with van der Waals surface area (Å²) in [5, 5.41) is 3.64. The number of ether oxygens (including phenoxy) is 1. The summed E-state index contributed by atoms with van der Waals surface area (Å²) in [6, 6.07) is 9.11. The van der Waals surface area contributed by atoms with E-state index in [-0.39, 0.29) is 0 Å². The van der Waals surface area contributed by atoms with Crippen molar-refractivity contribution < 1.29 is 4.74 Å². The molecule has 0 spiro atoms. The van der Waals surface area contributed by atoms with Gasteiger partial charge in [-0.25, -0.2) is 0 Å². The summed E-state index contributed by atoms with van der Waals surface area (Å²) in [7, 11) is 0. The van der Waals surface area contributed by atoms with Crippen LogP contribution >= 0.6 is 0 Å². The molecule has 1 aliphatic carbocycles. The smallest absolute Gasteiger partial charge is 0.120 e. The zero-order valence-electron chi connectivity index (χ0n) is 12.5. The first-order valence-electron chi connectivity index (χ1n) is 7.78. The van der Waals surface area contributed by atoms with E-state index in [9.17, 15) is 0 Å². The molecule has 0 saturated heterocycles. The Balaban J connectivity index is 2.14. The lowest BCUT2D eigenvalue weighted by atomic mass is 9.88. The van der Waals surface area contributed by atoms with Crippen LogP contribution in [0.1, 0.15) is 58.1 Å². The van der Waals surface area contributed by atoms with Gasteiger partial charge in [0.05, 0.1) is 6.10 Å². The van der Waals surface area contributed by atoms with Crippen molar-refractivity contribution in [1.29, 1.82) is 0 Å². The lowest BCUT2D eigenvalue weighted by Crippen LogP contribution is -2.27. The molecular formula is C17H27NO. The van der Waals surface area contributed by atoms with E-state index < -0.39 is 0 Å². The van der Waals surface area contributed by atoms with Gasteiger partial charge in [-0.3, -0.25) is 0 Å². The van der Waals surface area contributed by atoms with Gasteiger partial charge in [0.1, 0.15) is 5.75 Å². The zero-order valence-corrected chi connectivity index (χ0v) is 12.5. The molecule has 1 aromatic rings. The maximum atomic E-state index is 5.91. The lowest BCUT2D eigenvalue weighted by Gasteiger charge is -2.27. The molecule has 1 fully saturated rings. The van der Waals surface area contributed by atoms with Gasteiger partial charge in [0.15, 0.2) is 0 Å². The Bertz CT molecular complexity index is 383.